The SMILES string of the molecule is Cc1ccc(NC(=O)CC(=O)N2CCC(C)CC2)cc1. The molecule has 108 valence electrons. The van der Waals surface area contributed by atoms with Crippen LogP contribution in [0.15, 0.2) is 24.3 Å². The summed E-state index contributed by atoms with van der Waals surface area (Å²) in [5.41, 5.74) is 1.88. The number of piperidine rings is 1. The highest BCUT2D eigenvalue weighted by molar-refractivity contribution is 6.03. The lowest BCUT2D eigenvalue weighted by Gasteiger charge is -2.30. The second-order valence-electron chi connectivity index (χ2n) is 5.65. The molecule has 0 bridgehead atoms. The lowest BCUT2D eigenvalue weighted by molar-refractivity contribution is -0.135. The van der Waals surface area contributed by atoms with Crippen molar-refractivity contribution in [2.45, 2.75) is 33.1 Å². The van der Waals surface area contributed by atoms with E-state index in [2.05, 4.69) is 12.2 Å². The van der Waals surface area contributed by atoms with Crippen molar-refractivity contribution >= 4 is 17.5 Å². The van der Waals surface area contributed by atoms with Gasteiger partial charge in [0.05, 0.1) is 0 Å². The van der Waals surface area contributed by atoms with E-state index in [0.29, 0.717) is 5.92 Å². The summed E-state index contributed by atoms with van der Waals surface area (Å²) in [5, 5.41) is 2.76. The first-order valence-corrected chi connectivity index (χ1v) is 7.19. The molecule has 1 N–H and O–H groups in total. The summed E-state index contributed by atoms with van der Waals surface area (Å²) < 4.78 is 0. The van der Waals surface area contributed by atoms with Crippen LogP contribution in [0.4, 0.5) is 5.69 Å². The Hall–Kier alpha value is -1.84. The molecular weight excluding hydrogens is 252 g/mol. The Morgan fingerprint density at radius 1 is 1.20 bits per heavy atom. The third kappa shape index (κ3) is 4.08. The molecule has 1 saturated heterocycles. The summed E-state index contributed by atoms with van der Waals surface area (Å²) in [4.78, 5) is 25.7. The Kier molecular flexibility index (Phi) is 4.77. The largest absolute Gasteiger partial charge is 0.342 e. The van der Waals surface area contributed by atoms with Crippen molar-refractivity contribution in [2.75, 3.05) is 18.4 Å². The number of aryl methyl sites for hydroxylation is 1. The van der Waals surface area contributed by atoms with Crippen LogP contribution in [0, 0.1) is 12.8 Å². The molecule has 1 aliphatic rings. The van der Waals surface area contributed by atoms with Crippen molar-refractivity contribution in [1.82, 2.24) is 4.90 Å². The average molecular weight is 274 g/mol. The number of amides is 2. The number of carbonyl (C=O) groups excluding carboxylic acids is 2. The Morgan fingerprint density at radius 2 is 1.80 bits per heavy atom. The molecule has 1 aliphatic heterocycles. The van der Waals surface area contributed by atoms with E-state index in [1.165, 1.54) is 0 Å². The minimum atomic E-state index is -0.238. The second-order valence-corrected chi connectivity index (χ2v) is 5.65. The molecule has 0 spiro atoms. The molecule has 2 amide bonds. The normalized spacial score (nSPS) is 16.0. The van der Waals surface area contributed by atoms with E-state index < -0.39 is 0 Å². The van der Waals surface area contributed by atoms with Crippen LogP contribution in [0.1, 0.15) is 31.7 Å². The van der Waals surface area contributed by atoms with Crippen LogP contribution in [-0.2, 0) is 9.59 Å². The van der Waals surface area contributed by atoms with E-state index in [0.717, 1.165) is 37.2 Å². The number of carbonyl (C=O) groups is 2. The quantitative estimate of drug-likeness (QED) is 0.861. The predicted molar refractivity (Wildman–Crippen MR) is 79.4 cm³/mol. The van der Waals surface area contributed by atoms with Crippen molar-refractivity contribution in [3.63, 3.8) is 0 Å². The molecule has 1 heterocycles. The molecule has 0 saturated carbocycles. The summed E-state index contributed by atoms with van der Waals surface area (Å²) in [6, 6.07) is 7.56. The van der Waals surface area contributed by atoms with Gasteiger partial charge in [0.2, 0.25) is 11.8 Å². The van der Waals surface area contributed by atoms with E-state index in [9.17, 15) is 9.59 Å². The highest BCUT2D eigenvalue weighted by Gasteiger charge is 2.21. The van der Waals surface area contributed by atoms with Crippen LogP contribution in [-0.4, -0.2) is 29.8 Å². The van der Waals surface area contributed by atoms with Gasteiger partial charge in [-0.25, -0.2) is 0 Å². The Balaban J connectivity index is 1.82. The van der Waals surface area contributed by atoms with E-state index >= 15 is 0 Å². The molecule has 4 nitrogen and oxygen atoms in total. The number of anilines is 1. The minimum absolute atomic E-state index is 0.0672. The van der Waals surface area contributed by atoms with E-state index in [-0.39, 0.29) is 18.2 Å². The maximum atomic E-state index is 12.0. The average Bonchev–Trinajstić information content (AvgIpc) is 2.42. The Morgan fingerprint density at radius 3 is 2.40 bits per heavy atom. The monoisotopic (exact) mass is 274 g/mol. The molecule has 4 heteroatoms. The topological polar surface area (TPSA) is 49.4 Å². The zero-order valence-electron chi connectivity index (χ0n) is 12.2. The van der Waals surface area contributed by atoms with Crippen LogP contribution in [0.25, 0.3) is 0 Å². The van der Waals surface area contributed by atoms with Gasteiger partial charge in [0, 0.05) is 18.8 Å². The van der Waals surface area contributed by atoms with Gasteiger partial charge in [-0.1, -0.05) is 24.6 Å². The van der Waals surface area contributed by atoms with Gasteiger partial charge in [-0.2, -0.15) is 0 Å². The number of hydrogen-bond donors (Lipinski definition) is 1. The summed E-state index contributed by atoms with van der Waals surface area (Å²) in [5.74, 6) is 0.374. The molecule has 1 aromatic carbocycles. The molecule has 1 aromatic rings. The van der Waals surface area contributed by atoms with E-state index in [1.54, 1.807) is 4.90 Å². The van der Waals surface area contributed by atoms with Crippen molar-refractivity contribution < 1.29 is 9.59 Å². The van der Waals surface area contributed by atoms with Crippen molar-refractivity contribution in [2.24, 2.45) is 5.92 Å². The van der Waals surface area contributed by atoms with Gasteiger partial charge < -0.3 is 10.2 Å². The van der Waals surface area contributed by atoms with Gasteiger partial charge in [-0.3, -0.25) is 9.59 Å². The molecule has 2 rings (SSSR count). The van der Waals surface area contributed by atoms with Crippen LogP contribution in [0.2, 0.25) is 0 Å². The fourth-order valence-corrected chi connectivity index (χ4v) is 2.35. The fraction of sp³-hybridized carbons (Fsp3) is 0.500. The van der Waals surface area contributed by atoms with Gasteiger partial charge in [0.25, 0.3) is 0 Å². The number of benzene rings is 1. The molecule has 20 heavy (non-hydrogen) atoms. The molecule has 1 fully saturated rings. The maximum absolute atomic E-state index is 12.0. The maximum Gasteiger partial charge on any atom is 0.233 e. The molecule has 0 atom stereocenters. The van der Waals surface area contributed by atoms with Crippen molar-refractivity contribution in [3.8, 4) is 0 Å². The highest BCUT2D eigenvalue weighted by atomic mass is 16.2. The first-order chi connectivity index (χ1) is 9.54. The first-order valence-electron chi connectivity index (χ1n) is 7.19. The molecule has 0 radical (unpaired) electrons. The van der Waals surface area contributed by atoms with Crippen LogP contribution >= 0.6 is 0 Å². The summed E-state index contributed by atoms with van der Waals surface area (Å²) in [6.45, 7) is 5.74. The molecule has 0 unspecified atom stereocenters. The van der Waals surface area contributed by atoms with E-state index in [4.69, 9.17) is 0 Å². The van der Waals surface area contributed by atoms with Gasteiger partial charge in [-0.15, -0.1) is 0 Å². The van der Waals surface area contributed by atoms with Crippen LogP contribution in [0.5, 0.6) is 0 Å². The van der Waals surface area contributed by atoms with Crippen LogP contribution < -0.4 is 5.32 Å². The number of hydrogen-bond acceptors (Lipinski definition) is 2. The summed E-state index contributed by atoms with van der Waals surface area (Å²) in [6.07, 6.45) is 2.00. The first kappa shape index (κ1) is 14.6. The van der Waals surface area contributed by atoms with E-state index in [1.807, 2.05) is 31.2 Å². The predicted octanol–water partition coefficient (Wildman–Crippen LogP) is 2.58. The van der Waals surface area contributed by atoms with Gasteiger partial charge in [0.15, 0.2) is 0 Å². The summed E-state index contributed by atoms with van der Waals surface area (Å²) in [7, 11) is 0. The zero-order chi connectivity index (χ0) is 14.5. The molecular formula is C16H22N2O2. The highest BCUT2D eigenvalue weighted by Crippen LogP contribution is 2.17. The number of nitrogens with zero attached hydrogens (tertiary/aromatic N) is 1. The number of rotatable bonds is 3. The van der Waals surface area contributed by atoms with Crippen LogP contribution in [0.3, 0.4) is 0 Å². The van der Waals surface area contributed by atoms with Crippen molar-refractivity contribution in [1.29, 1.82) is 0 Å². The Bertz CT molecular complexity index is 474. The molecule has 0 aliphatic carbocycles. The summed E-state index contributed by atoms with van der Waals surface area (Å²) >= 11 is 0. The lowest BCUT2D eigenvalue weighted by Crippen LogP contribution is -2.39. The number of nitrogens with one attached hydrogen (secondary N) is 1. The smallest absolute Gasteiger partial charge is 0.233 e. The minimum Gasteiger partial charge on any atom is -0.342 e. The van der Waals surface area contributed by atoms with Gasteiger partial charge in [0.1, 0.15) is 6.42 Å². The van der Waals surface area contributed by atoms with Gasteiger partial charge >= 0.3 is 0 Å². The van der Waals surface area contributed by atoms with Crippen molar-refractivity contribution in [3.05, 3.63) is 29.8 Å². The third-order valence-electron chi connectivity index (χ3n) is 3.78. The Labute approximate surface area is 120 Å². The third-order valence-corrected chi connectivity index (χ3v) is 3.78. The second kappa shape index (κ2) is 6.55. The standard InChI is InChI=1S/C16H22N2O2/c1-12-3-5-14(6-4-12)17-15(19)11-16(20)18-9-7-13(2)8-10-18/h3-6,13H,7-11H2,1-2H3,(H,17,19). The molecule has 0 aromatic heterocycles. The zero-order valence-corrected chi connectivity index (χ0v) is 12.2. The fourth-order valence-electron chi connectivity index (χ4n) is 2.35. The number of likely N-dealkylation sites (tertiary alicyclic amines) is 1. The lowest BCUT2D eigenvalue weighted by atomic mass is 9.99. The van der Waals surface area contributed by atoms with Gasteiger partial charge in [-0.05, 0) is 37.8 Å².